The van der Waals surface area contributed by atoms with Gasteiger partial charge in [-0.25, -0.2) is 13.2 Å². The molecule has 1 heterocycles. The summed E-state index contributed by atoms with van der Waals surface area (Å²) in [5.41, 5.74) is 0.142. The lowest BCUT2D eigenvalue weighted by atomic mass is 9.98. The fourth-order valence-electron chi connectivity index (χ4n) is 4.83. The van der Waals surface area contributed by atoms with Crippen LogP contribution in [0.4, 0.5) is 4.79 Å². The Morgan fingerprint density at radius 3 is 2.40 bits per heavy atom. The molecule has 43 heavy (non-hydrogen) atoms. The van der Waals surface area contributed by atoms with Gasteiger partial charge in [0.2, 0.25) is 15.9 Å². The Morgan fingerprint density at radius 2 is 1.67 bits per heavy atom. The minimum absolute atomic E-state index is 0.00594. The maximum atomic E-state index is 13.4. The van der Waals surface area contributed by atoms with Gasteiger partial charge in [0.1, 0.15) is 18.2 Å². The molecular formula is C32H39N3O7S. The van der Waals surface area contributed by atoms with Gasteiger partial charge in [-0.15, -0.1) is 0 Å². The van der Waals surface area contributed by atoms with Crippen molar-refractivity contribution in [3.63, 3.8) is 0 Å². The highest BCUT2D eigenvalue weighted by Gasteiger charge is 2.31. The first-order chi connectivity index (χ1) is 20.4. The second-order valence-corrected chi connectivity index (χ2v) is 13.4. The second-order valence-electron chi connectivity index (χ2n) is 11.7. The molecule has 0 aliphatic carbocycles. The maximum Gasteiger partial charge on any atom is 0.410 e. The summed E-state index contributed by atoms with van der Waals surface area (Å²) in [5.74, 6) is -1.44. The van der Waals surface area contributed by atoms with Gasteiger partial charge in [0.05, 0.1) is 11.3 Å². The molecule has 2 amide bonds. The van der Waals surface area contributed by atoms with Gasteiger partial charge in [-0.2, -0.15) is 4.72 Å². The van der Waals surface area contributed by atoms with E-state index in [1.807, 2.05) is 30.3 Å². The number of amides is 2. The Kier molecular flexibility index (Phi) is 10.4. The Morgan fingerprint density at radius 1 is 0.977 bits per heavy atom. The van der Waals surface area contributed by atoms with Crippen molar-refractivity contribution in [3.8, 4) is 0 Å². The predicted molar refractivity (Wildman–Crippen MR) is 162 cm³/mol. The molecule has 1 fully saturated rings. The van der Waals surface area contributed by atoms with Crippen LogP contribution in [0.5, 0.6) is 0 Å². The number of carbonyl (C=O) groups is 3. The van der Waals surface area contributed by atoms with Gasteiger partial charge >= 0.3 is 12.1 Å². The van der Waals surface area contributed by atoms with Crippen molar-refractivity contribution in [2.75, 3.05) is 19.6 Å². The fraction of sp³-hybridized carbons (Fsp3) is 0.406. The summed E-state index contributed by atoms with van der Waals surface area (Å²) in [6.07, 6.45) is 0.599. The highest BCUT2D eigenvalue weighted by Crippen LogP contribution is 2.21. The molecule has 2 atom stereocenters. The number of carbonyl (C=O) groups excluding carboxylic acids is 3. The predicted octanol–water partition coefficient (Wildman–Crippen LogP) is 4.38. The van der Waals surface area contributed by atoms with Crippen molar-refractivity contribution in [1.82, 2.24) is 14.9 Å². The summed E-state index contributed by atoms with van der Waals surface area (Å²) < 4.78 is 40.0. The lowest BCUT2D eigenvalue weighted by Crippen LogP contribution is -2.50. The van der Waals surface area contributed by atoms with Crippen LogP contribution in [0.15, 0.2) is 77.7 Å². The molecule has 0 radical (unpaired) electrons. The first kappa shape index (κ1) is 32.0. The zero-order valence-corrected chi connectivity index (χ0v) is 25.6. The van der Waals surface area contributed by atoms with Crippen molar-refractivity contribution in [1.29, 1.82) is 0 Å². The Labute approximate surface area is 252 Å². The van der Waals surface area contributed by atoms with E-state index in [9.17, 15) is 22.8 Å². The molecule has 3 aromatic rings. The van der Waals surface area contributed by atoms with Gasteiger partial charge in [-0.05, 0) is 68.0 Å². The minimum Gasteiger partial charge on any atom is -0.461 e. The summed E-state index contributed by atoms with van der Waals surface area (Å²) in [4.78, 5) is 40.3. The lowest BCUT2D eigenvalue weighted by molar-refractivity contribution is -0.147. The number of nitrogens with zero attached hydrogens (tertiary/aromatic N) is 1. The number of hydrogen-bond acceptors (Lipinski definition) is 7. The summed E-state index contributed by atoms with van der Waals surface area (Å²) in [6.45, 7) is 6.55. The topological polar surface area (TPSA) is 131 Å². The number of ether oxygens (including phenoxy) is 2. The van der Waals surface area contributed by atoms with E-state index in [2.05, 4.69) is 10.0 Å². The van der Waals surface area contributed by atoms with Gasteiger partial charge in [-0.3, -0.25) is 9.59 Å². The number of piperidine rings is 1. The van der Waals surface area contributed by atoms with E-state index in [0.29, 0.717) is 13.1 Å². The largest absolute Gasteiger partial charge is 0.461 e. The van der Waals surface area contributed by atoms with Gasteiger partial charge < -0.3 is 19.7 Å². The van der Waals surface area contributed by atoms with E-state index in [4.69, 9.17) is 9.47 Å². The van der Waals surface area contributed by atoms with E-state index in [-0.39, 0.29) is 24.0 Å². The van der Waals surface area contributed by atoms with Crippen molar-refractivity contribution < 1.29 is 32.3 Å². The highest BCUT2D eigenvalue weighted by atomic mass is 32.2. The van der Waals surface area contributed by atoms with E-state index in [0.717, 1.165) is 29.2 Å². The Bertz CT molecular complexity index is 1540. The quantitative estimate of drug-likeness (QED) is 0.326. The Hall–Kier alpha value is -3.96. The summed E-state index contributed by atoms with van der Waals surface area (Å²) in [7, 11) is -4.18. The number of fused-ring (bicyclic) bond motifs is 1. The number of benzene rings is 3. The number of esters is 1. The smallest absolute Gasteiger partial charge is 0.410 e. The van der Waals surface area contributed by atoms with Crippen molar-refractivity contribution in [2.24, 2.45) is 5.92 Å². The summed E-state index contributed by atoms with van der Waals surface area (Å²) in [5, 5.41) is 4.38. The zero-order valence-electron chi connectivity index (χ0n) is 24.7. The van der Waals surface area contributed by atoms with E-state index >= 15 is 0 Å². The Balaban J connectivity index is 1.44. The highest BCUT2D eigenvalue weighted by molar-refractivity contribution is 7.89. The molecule has 0 aromatic heterocycles. The average Bonchev–Trinajstić information content (AvgIpc) is 2.98. The van der Waals surface area contributed by atoms with Crippen LogP contribution in [0.3, 0.4) is 0 Å². The molecule has 1 saturated heterocycles. The standard InChI is InChI=1S/C32H39N3O7S/c1-32(2,3)42-31(38)35-17-9-12-24(21-35)20-33-30(37)28(19-29(36)41-22-23-10-5-4-6-11-23)34-43(39,40)27-16-15-25-13-7-8-14-26(25)18-27/h4-8,10-11,13-16,18,24,28,34H,9,12,17,19-22H2,1-3H3,(H,33,37)/t24-,28+/m0/s1. The third-order valence-corrected chi connectivity index (χ3v) is 8.46. The van der Waals surface area contributed by atoms with Gasteiger partial charge in [0.15, 0.2) is 0 Å². The first-order valence-electron chi connectivity index (χ1n) is 14.4. The maximum absolute atomic E-state index is 13.4. The molecule has 0 bridgehead atoms. The third kappa shape index (κ3) is 9.52. The number of hydrogen-bond donors (Lipinski definition) is 2. The first-order valence-corrected chi connectivity index (χ1v) is 15.8. The van der Waals surface area contributed by atoms with Crippen molar-refractivity contribution in [2.45, 2.75) is 63.2 Å². The summed E-state index contributed by atoms with van der Waals surface area (Å²) >= 11 is 0. The molecule has 4 rings (SSSR count). The van der Waals surface area contributed by atoms with Gasteiger partial charge in [0, 0.05) is 19.6 Å². The van der Waals surface area contributed by atoms with Crippen LogP contribution < -0.4 is 10.0 Å². The van der Waals surface area contributed by atoms with Crippen molar-refractivity contribution in [3.05, 3.63) is 78.4 Å². The van der Waals surface area contributed by atoms with E-state index in [1.165, 1.54) is 12.1 Å². The van der Waals surface area contributed by atoms with Gasteiger partial charge in [0.25, 0.3) is 0 Å². The van der Waals surface area contributed by atoms with Crippen LogP contribution in [0.25, 0.3) is 10.8 Å². The van der Waals surface area contributed by atoms with Crippen LogP contribution in [0.2, 0.25) is 0 Å². The number of nitrogens with one attached hydrogen (secondary N) is 2. The van der Waals surface area contributed by atoms with Crippen molar-refractivity contribution >= 4 is 38.8 Å². The molecule has 0 saturated carbocycles. The van der Waals surface area contributed by atoms with Gasteiger partial charge in [-0.1, -0.05) is 60.7 Å². The zero-order chi connectivity index (χ0) is 31.0. The number of sulfonamides is 1. The lowest BCUT2D eigenvalue weighted by Gasteiger charge is -2.34. The van der Waals surface area contributed by atoms with E-state index in [1.54, 1.807) is 56.0 Å². The van der Waals surface area contributed by atoms with Crippen LogP contribution in [0, 0.1) is 5.92 Å². The monoisotopic (exact) mass is 609 g/mol. The number of rotatable bonds is 10. The second kappa shape index (κ2) is 14.0. The molecule has 2 N–H and O–H groups in total. The molecular weight excluding hydrogens is 570 g/mol. The molecule has 1 aliphatic rings. The van der Waals surface area contributed by atoms with Crippen LogP contribution in [0.1, 0.15) is 45.6 Å². The fourth-order valence-corrected chi connectivity index (χ4v) is 6.06. The molecule has 1 aliphatic heterocycles. The van der Waals surface area contributed by atoms with Crippen LogP contribution in [-0.4, -0.2) is 62.6 Å². The SMILES string of the molecule is CC(C)(C)OC(=O)N1CCC[C@@H](CNC(=O)[C@@H](CC(=O)OCc2ccccc2)NS(=O)(=O)c2ccc3ccccc3c2)C1. The summed E-state index contributed by atoms with van der Waals surface area (Å²) in [6, 6.07) is 19.6. The molecule has 11 heteroatoms. The molecule has 0 spiro atoms. The minimum atomic E-state index is -4.18. The third-order valence-electron chi connectivity index (χ3n) is 6.99. The molecule has 0 unspecified atom stereocenters. The van der Waals surface area contributed by atoms with Crippen LogP contribution in [-0.2, 0) is 35.7 Å². The normalized spacial score (nSPS) is 16.3. The van der Waals surface area contributed by atoms with Crippen LogP contribution >= 0.6 is 0 Å². The number of likely N-dealkylation sites (tertiary alicyclic amines) is 1. The molecule has 10 nitrogen and oxygen atoms in total. The average molecular weight is 610 g/mol. The molecule has 3 aromatic carbocycles. The molecule has 230 valence electrons. The van der Waals surface area contributed by atoms with E-state index < -0.39 is 46.1 Å².